The first kappa shape index (κ1) is 11.4. The van der Waals surface area contributed by atoms with Crippen molar-refractivity contribution >= 4 is 5.91 Å². The Hall–Kier alpha value is -0.610. The van der Waals surface area contributed by atoms with Crippen molar-refractivity contribution in [2.45, 2.75) is 45.4 Å². The Morgan fingerprint density at radius 1 is 1.33 bits per heavy atom. The molecule has 0 spiro atoms. The van der Waals surface area contributed by atoms with Gasteiger partial charge in [0.05, 0.1) is 11.6 Å². The molecule has 0 aliphatic rings. The van der Waals surface area contributed by atoms with Crippen LogP contribution in [0, 0.1) is 0 Å². The van der Waals surface area contributed by atoms with Crippen LogP contribution in [0.1, 0.15) is 27.7 Å². The van der Waals surface area contributed by atoms with E-state index in [1.807, 2.05) is 0 Å². The van der Waals surface area contributed by atoms with Crippen LogP contribution in [0.25, 0.3) is 0 Å². The van der Waals surface area contributed by atoms with E-state index in [1.165, 1.54) is 6.92 Å². The van der Waals surface area contributed by atoms with E-state index in [9.17, 15) is 9.90 Å². The predicted molar refractivity (Wildman–Crippen MR) is 45.6 cm³/mol. The molecule has 0 fully saturated rings. The van der Waals surface area contributed by atoms with E-state index in [4.69, 9.17) is 5.11 Å². The van der Waals surface area contributed by atoms with Crippen LogP contribution >= 0.6 is 0 Å². The molecule has 0 saturated heterocycles. The van der Waals surface area contributed by atoms with Crippen LogP contribution in [0.15, 0.2) is 0 Å². The van der Waals surface area contributed by atoms with Gasteiger partial charge in [0.2, 0.25) is 5.91 Å². The van der Waals surface area contributed by atoms with Crippen LogP contribution < -0.4 is 5.32 Å². The van der Waals surface area contributed by atoms with E-state index in [2.05, 4.69) is 5.32 Å². The van der Waals surface area contributed by atoms with E-state index in [0.717, 1.165) is 0 Å². The minimum atomic E-state index is -1.04. The number of hydrogen-bond donors (Lipinski definition) is 3. The van der Waals surface area contributed by atoms with Crippen LogP contribution in [-0.4, -0.2) is 33.9 Å². The van der Waals surface area contributed by atoms with Gasteiger partial charge in [-0.15, -0.1) is 0 Å². The number of carbonyl (C=O) groups excluding carboxylic acids is 1. The van der Waals surface area contributed by atoms with Crippen LogP contribution in [0.4, 0.5) is 0 Å². The maximum absolute atomic E-state index is 11.0. The zero-order valence-corrected chi connectivity index (χ0v) is 7.96. The van der Waals surface area contributed by atoms with Gasteiger partial charge in [-0.1, -0.05) is 0 Å². The molecule has 0 saturated carbocycles. The largest absolute Gasteiger partial charge is 0.391 e. The SMILES string of the molecule is CC(O)C(C)(C)NC(=O)[C@@H](C)O. The second-order valence-corrected chi connectivity index (χ2v) is 3.56. The molecule has 0 bridgehead atoms. The van der Waals surface area contributed by atoms with Crippen LogP contribution in [0.3, 0.4) is 0 Å². The number of carbonyl (C=O) groups is 1. The average Bonchev–Trinajstić information content (AvgIpc) is 1.85. The zero-order valence-electron chi connectivity index (χ0n) is 7.96. The molecule has 0 aliphatic heterocycles. The average molecular weight is 175 g/mol. The van der Waals surface area contributed by atoms with Crippen molar-refractivity contribution in [3.05, 3.63) is 0 Å². The first-order valence-electron chi connectivity index (χ1n) is 3.95. The molecule has 0 rings (SSSR count). The summed E-state index contributed by atoms with van der Waals surface area (Å²) in [5.74, 6) is -0.471. The molecule has 0 aromatic rings. The fourth-order valence-corrected chi connectivity index (χ4v) is 0.526. The maximum Gasteiger partial charge on any atom is 0.249 e. The molecule has 4 heteroatoms. The Balaban J connectivity index is 4.15. The predicted octanol–water partition coefficient (Wildman–Crippen LogP) is -0.357. The van der Waals surface area contributed by atoms with Crippen molar-refractivity contribution in [3.63, 3.8) is 0 Å². The summed E-state index contributed by atoms with van der Waals surface area (Å²) in [5, 5.41) is 20.6. The highest BCUT2D eigenvalue weighted by Gasteiger charge is 2.27. The van der Waals surface area contributed by atoms with E-state index in [1.54, 1.807) is 20.8 Å². The fourth-order valence-electron chi connectivity index (χ4n) is 0.526. The quantitative estimate of drug-likeness (QED) is 0.548. The highest BCUT2D eigenvalue weighted by Crippen LogP contribution is 2.08. The Morgan fingerprint density at radius 2 is 1.75 bits per heavy atom. The van der Waals surface area contributed by atoms with E-state index >= 15 is 0 Å². The highest BCUT2D eigenvalue weighted by molar-refractivity contribution is 5.80. The van der Waals surface area contributed by atoms with Crippen molar-refractivity contribution in [3.8, 4) is 0 Å². The van der Waals surface area contributed by atoms with Gasteiger partial charge in [0.25, 0.3) is 0 Å². The Morgan fingerprint density at radius 3 is 2.00 bits per heavy atom. The zero-order chi connectivity index (χ0) is 9.94. The van der Waals surface area contributed by atoms with Gasteiger partial charge in [0.1, 0.15) is 6.10 Å². The van der Waals surface area contributed by atoms with Crippen molar-refractivity contribution < 1.29 is 15.0 Å². The molecule has 12 heavy (non-hydrogen) atoms. The third-order valence-electron chi connectivity index (χ3n) is 1.87. The van der Waals surface area contributed by atoms with Gasteiger partial charge in [-0.3, -0.25) is 4.79 Å². The number of aliphatic hydroxyl groups is 2. The molecule has 0 aromatic carbocycles. The summed E-state index contributed by atoms with van der Waals surface area (Å²) in [5.41, 5.74) is -0.700. The Kier molecular flexibility index (Phi) is 3.67. The lowest BCUT2D eigenvalue weighted by Gasteiger charge is -2.29. The van der Waals surface area contributed by atoms with Gasteiger partial charge in [0.15, 0.2) is 0 Å². The summed E-state index contributed by atoms with van der Waals surface area (Å²) in [6, 6.07) is 0. The first-order chi connectivity index (χ1) is 5.27. The van der Waals surface area contributed by atoms with Gasteiger partial charge >= 0.3 is 0 Å². The van der Waals surface area contributed by atoms with Gasteiger partial charge in [-0.2, -0.15) is 0 Å². The van der Waals surface area contributed by atoms with Crippen molar-refractivity contribution in [2.75, 3.05) is 0 Å². The molecule has 0 aromatic heterocycles. The Bertz CT molecular complexity index is 164. The molecule has 1 amide bonds. The van der Waals surface area contributed by atoms with Crippen LogP contribution in [0.2, 0.25) is 0 Å². The minimum Gasteiger partial charge on any atom is -0.391 e. The molecule has 0 aliphatic carbocycles. The van der Waals surface area contributed by atoms with Crippen molar-refractivity contribution in [2.24, 2.45) is 0 Å². The molecular formula is C8H17NO3. The molecule has 0 radical (unpaired) electrons. The summed E-state index contributed by atoms with van der Waals surface area (Å²) in [6.07, 6.45) is -1.69. The summed E-state index contributed by atoms with van der Waals surface area (Å²) in [7, 11) is 0. The normalized spacial score (nSPS) is 16.8. The summed E-state index contributed by atoms with van der Waals surface area (Å²) >= 11 is 0. The lowest BCUT2D eigenvalue weighted by atomic mass is 9.98. The lowest BCUT2D eigenvalue weighted by Crippen LogP contribution is -2.53. The Labute approximate surface area is 72.6 Å². The van der Waals surface area contributed by atoms with Gasteiger partial charge in [-0.25, -0.2) is 0 Å². The number of amides is 1. The van der Waals surface area contributed by atoms with E-state index in [-0.39, 0.29) is 0 Å². The molecule has 1 unspecified atom stereocenters. The summed E-state index contributed by atoms with van der Waals surface area (Å²) < 4.78 is 0. The third-order valence-corrected chi connectivity index (χ3v) is 1.87. The molecule has 4 nitrogen and oxygen atoms in total. The molecule has 0 heterocycles. The second-order valence-electron chi connectivity index (χ2n) is 3.56. The third kappa shape index (κ3) is 3.19. The van der Waals surface area contributed by atoms with Crippen molar-refractivity contribution in [1.29, 1.82) is 0 Å². The summed E-state index contributed by atoms with van der Waals surface area (Å²) in [4.78, 5) is 11.0. The summed E-state index contributed by atoms with van der Waals surface area (Å²) in [6.45, 7) is 6.35. The number of rotatable bonds is 3. The first-order valence-corrected chi connectivity index (χ1v) is 3.95. The van der Waals surface area contributed by atoms with Gasteiger partial charge < -0.3 is 15.5 Å². The van der Waals surface area contributed by atoms with Gasteiger partial charge in [-0.05, 0) is 27.7 Å². The fraction of sp³-hybridized carbons (Fsp3) is 0.875. The number of aliphatic hydroxyl groups excluding tert-OH is 2. The molecule has 2 atom stereocenters. The number of nitrogens with one attached hydrogen (secondary N) is 1. The van der Waals surface area contributed by atoms with Crippen molar-refractivity contribution in [1.82, 2.24) is 5.32 Å². The number of hydrogen-bond acceptors (Lipinski definition) is 3. The minimum absolute atomic E-state index is 0.471. The highest BCUT2D eigenvalue weighted by atomic mass is 16.3. The van der Waals surface area contributed by atoms with Gasteiger partial charge in [0, 0.05) is 0 Å². The maximum atomic E-state index is 11.0. The standard InChI is InChI=1S/C8H17NO3/c1-5(10)7(12)9-8(3,4)6(2)11/h5-6,10-11H,1-4H3,(H,9,12)/t5-,6?/m1/s1. The van der Waals surface area contributed by atoms with E-state index in [0.29, 0.717) is 0 Å². The topological polar surface area (TPSA) is 69.6 Å². The molecule has 3 N–H and O–H groups in total. The smallest absolute Gasteiger partial charge is 0.249 e. The molecular weight excluding hydrogens is 158 g/mol. The van der Waals surface area contributed by atoms with Crippen LogP contribution in [0.5, 0.6) is 0 Å². The van der Waals surface area contributed by atoms with E-state index < -0.39 is 23.7 Å². The molecule has 72 valence electrons. The second kappa shape index (κ2) is 3.87. The van der Waals surface area contributed by atoms with Crippen LogP contribution in [-0.2, 0) is 4.79 Å². The lowest BCUT2D eigenvalue weighted by molar-refractivity contribution is -0.131. The monoisotopic (exact) mass is 175 g/mol.